The third kappa shape index (κ3) is 4.47. The summed E-state index contributed by atoms with van der Waals surface area (Å²) in [5.41, 5.74) is 0.770. The molecule has 2 unspecified atom stereocenters. The molecule has 2 atom stereocenters. The van der Waals surface area contributed by atoms with Crippen molar-refractivity contribution in [1.82, 2.24) is 4.90 Å². The van der Waals surface area contributed by atoms with Crippen LogP contribution >= 0.6 is 11.6 Å². The maximum atomic E-state index is 12.3. The van der Waals surface area contributed by atoms with E-state index in [1.54, 1.807) is 38.2 Å². The van der Waals surface area contributed by atoms with Gasteiger partial charge in [0, 0.05) is 7.05 Å². The Morgan fingerprint density at radius 2 is 1.78 bits per heavy atom. The van der Waals surface area contributed by atoms with Crippen LogP contribution in [0.1, 0.15) is 18.6 Å². The Labute approximate surface area is 141 Å². The van der Waals surface area contributed by atoms with Crippen molar-refractivity contribution in [2.45, 2.75) is 19.1 Å². The highest BCUT2D eigenvalue weighted by molar-refractivity contribution is 6.32. The zero-order valence-corrected chi connectivity index (χ0v) is 13.9. The van der Waals surface area contributed by atoms with E-state index in [0.717, 1.165) is 5.56 Å². The van der Waals surface area contributed by atoms with Crippen LogP contribution in [0.5, 0.6) is 5.75 Å². The van der Waals surface area contributed by atoms with Gasteiger partial charge in [0.25, 0.3) is 5.91 Å². The summed E-state index contributed by atoms with van der Waals surface area (Å²) < 4.78 is 5.45. The van der Waals surface area contributed by atoms with Crippen molar-refractivity contribution in [2.24, 2.45) is 0 Å². The van der Waals surface area contributed by atoms with Gasteiger partial charge in [0.2, 0.25) is 0 Å². The van der Waals surface area contributed by atoms with Crippen LogP contribution in [0.3, 0.4) is 0 Å². The summed E-state index contributed by atoms with van der Waals surface area (Å²) in [5, 5.41) is 10.8. The molecular formula is C18H20ClNO3. The van der Waals surface area contributed by atoms with Gasteiger partial charge >= 0.3 is 0 Å². The van der Waals surface area contributed by atoms with Crippen molar-refractivity contribution in [1.29, 1.82) is 0 Å². The molecule has 0 saturated heterocycles. The summed E-state index contributed by atoms with van der Waals surface area (Å²) in [7, 11) is 1.65. The number of ether oxygens (including phenoxy) is 1. The molecule has 0 bridgehead atoms. The van der Waals surface area contributed by atoms with Crippen LogP contribution in [-0.4, -0.2) is 35.6 Å². The van der Waals surface area contributed by atoms with E-state index in [1.807, 2.05) is 30.3 Å². The molecule has 0 radical (unpaired) electrons. The SMILES string of the molecule is CC(C(O)c1ccccc1)N(C)C(=O)COc1ccccc1Cl. The first-order chi connectivity index (χ1) is 11.0. The molecule has 23 heavy (non-hydrogen) atoms. The Kier molecular flexibility index (Phi) is 6.02. The summed E-state index contributed by atoms with van der Waals surface area (Å²) in [6.07, 6.45) is -0.759. The molecule has 4 nitrogen and oxygen atoms in total. The molecule has 0 aliphatic carbocycles. The number of halogens is 1. The fraction of sp³-hybridized carbons (Fsp3) is 0.278. The van der Waals surface area contributed by atoms with E-state index in [1.165, 1.54) is 4.90 Å². The third-order valence-corrected chi connectivity index (χ3v) is 4.10. The molecule has 0 spiro atoms. The van der Waals surface area contributed by atoms with Gasteiger partial charge in [-0.2, -0.15) is 0 Å². The Morgan fingerprint density at radius 3 is 2.43 bits per heavy atom. The molecule has 0 heterocycles. The second kappa shape index (κ2) is 7.99. The first-order valence-corrected chi connectivity index (χ1v) is 7.74. The first-order valence-electron chi connectivity index (χ1n) is 7.36. The second-order valence-electron chi connectivity index (χ2n) is 5.32. The average Bonchev–Trinajstić information content (AvgIpc) is 2.59. The molecule has 2 aromatic carbocycles. The Balaban J connectivity index is 1.95. The van der Waals surface area contributed by atoms with Crippen molar-refractivity contribution < 1.29 is 14.6 Å². The lowest BCUT2D eigenvalue weighted by molar-refractivity contribution is -0.136. The fourth-order valence-electron chi connectivity index (χ4n) is 2.17. The van der Waals surface area contributed by atoms with Gasteiger partial charge < -0.3 is 14.7 Å². The van der Waals surface area contributed by atoms with Crippen LogP contribution in [0.15, 0.2) is 54.6 Å². The van der Waals surface area contributed by atoms with Crippen LogP contribution in [0.4, 0.5) is 0 Å². The number of amides is 1. The van der Waals surface area contributed by atoms with Gasteiger partial charge in [0.05, 0.1) is 17.2 Å². The molecule has 5 heteroatoms. The number of hydrogen-bond acceptors (Lipinski definition) is 3. The minimum atomic E-state index is -0.759. The van der Waals surface area contributed by atoms with Crippen molar-refractivity contribution >= 4 is 17.5 Å². The molecule has 122 valence electrons. The highest BCUT2D eigenvalue weighted by Crippen LogP contribution is 2.24. The van der Waals surface area contributed by atoms with Gasteiger partial charge in [-0.25, -0.2) is 0 Å². The number of rotatable bonds is 6. The smallest absolute Gasteiger partial charge is 0.260 e. The first kappa shape index (κ1) is 17.3. The topological polar surface area (TPSA) is 49.8 Å². The van der Waals surface area contributed by atoms with Gasteiger partial charge in [0.1, 0.15) is 5.75 Å². The molecule has 0 fully saturated rings. The number of aliphatic hydroxyl groups excluding tert-OH is 1. The summed E-state index contributed by atoms with van der Waals surface area (Å²) >= 11 is 5.99. The van der Waals surface area contributed by atoms with E-state index in [4.69, 9.17) is 16.3 Å². The predicted molar refractivity (Wildman–Crippen MR) is 90.6 cm³/mol. The minimum Gasteiger partial charge on any atom is -0.482 e. The molecule has 0 aliphatic heterocycles. The molecule has 0 aliphatic rings. The second-order valence-corrected chi connectivity index (χ2v) is 5.73. The van der Waals surface area contributed by atoms with E-state index in [0.29, 0.717) is 10.8 Å². The summed E-state index contributed by atoms with van der Waals surface area (Å²) in [6.45, 7) is 1.66. The standard InChI is InChI=1S/C18H20ClNO3/c1-13(18(22)14-8-4-3-5-9-14)20(2)17(21)12-23-16-11-7-6-10-15(16)19/h3-11,13,18,22H,12H2,1-2H3. The lowest BCUT2D eigenvalue weighted by atomic mass is 10.0. The quantitative estimate of drug-likeness (QED) is 0.882. The number of hydrogen-bond donors (Lipinski definition) is 1. The van der Waals surface area contributed by atoms with E-state index < -0.39 is 6.10 Å². The van der Waals surface area contributed by atoms with Gasteiger partial charge in [0.15, 0.2) is 6.61 Å². The number of likely N-dealkylation sites (N-methyl/N-ethyl adjacent to an activating group) is 1. The van der Waals surface area contributed by atoms with Crippen molar-refractivity contribution in [3.8, 4) is 5.75 Å². The van der Waals surface area contributed by atoms with Crippen molar-refractivity contribution in [2.75, 3.05) is 13.7 Å². The van der Waals surface area contributed by atoms with Gasteiger partial charge in [-0.05, 0) is 24.6 Å². The Bertz CT molecular complexity index is 648. The number of carbonyl (C=O) groups is 1. The lowest BCUT2D eigenvalue weighted by Crippen LogP contribution is -2.41. The van der Waals surface area contributed by atoms with Crippen LogP contribution in [0, 0.1) is 0 Å². The number of carbonyl (C=O) groups excluding carboxylic acids is 1. The number of benzene rings is 2. The third-order valence-electron chi connectivity index (χ3n) is 3.79. The van der Waals surface area contributed by atoms with Gasteiger partial charge in [-0.1, -0.05) is 54.1 Å². The normalized spacial score (nSPS) is 13.2. The van der Waals surface area contributed by atoms with Crippen LogP contribution in [0.2, 0.25) is 5.02 Å². The highest BCUT2D eigenvalue weighted by atomic mass is 35.5. The minimum absolute atomic E-state index is 0.133. The molecule has 0 saturated carbocycles. The summed E-state index contributed by atoms with van der Waals surface area (Å²) in [5.74, 6) is 0.236. The van der Waals surface area contributed by atoms with E-state index >= 15 is 0 Å². The van der Waals surface area contributed by atoms with Gasteiger partial charge in [-0.3, -0.25) is 4.79 Å². The van der Waals surface area contributed by atoms with E-state index in [9.17, 15) is 9.90 Å². The van der Waals surface area contributed by atoms with Crippen LogP contribution < -0.4 is 4.74 Å². The molecule has 2 rings (SSSR count). The zero-order valence-electron chi connectivity index (χ0n) is 13.1. The summed E-state index contributed by atoms with van der Waals surface area (Å²) in [6, 6.07) is 15.9. The summed E-state index contributed by atoms with van der Waals surface area (Å²) in [4.78, 5) is 13.7. The lowest BCUT2D eigenvalue weighted by Gasteiger charge is -2.29. The van der Waals surface area contributed by atoms with E-state index in [2.05, 4.69) is 0 Å². The molecule has 0 aromatic heterocycles. The van der Waals surface area contributed by atoms with E-state index in [-0.39, 0.29) is 18.6 Å². The molecule has 1 N–H and O–H groups in total. The highest BCUT2D eigenvalue weighted by Gasteiger charge is 2.24. The maximum Gasteiger partial charge on any atom is 0.260 e. The molecular weight excluding hydrogens is 314 g/mol. The van der Waals surface area contributed by atoms with Gasteiger partial charge in [-0.15, -0.1) is 0 Å². The molecule has 1 amide bonds. The maximum absolute atomic E-state index is 12.3. The largest absolute Gasteiger partial charge is 0.482 e. The number of aliphatic hydroxyl groups is 1. The fourth-order valence-corrected chi connectivity index (χ4v) is 2.36. The van der Waals surface area contributed by atoms with Crippen molar-refractivity contribution in [3.63, 3.8) is 0 Å². The van der Waals surface area contributed by atoms with Crippen molar-refractivity contribution in [3.05, 3.63) is 65.2 Å². The van der Waals surface area contributed by atoms with Crippen LogP contribution in [0.25, 0.3) is 0 Å². The number of nitrogens with zero attached hydrogens (tertiary/aromatic N) is 1. The zero-order chi connectivity index (χ0) is 16.8. The average molecular weight is 334 g/mol. The number of para-hydroxylation sites is 1. The Hall–Kier alpha value is -2.04. The molecule has 2 aromatic rings. The predicted octanol–water partition coefficient (Wildman–Crippen LogP) is 3.30. The van der Waals surface area contributed by atoms with Crippen LogP contribution in [-0.2, 0) is 4.79 Å². The Morgan fingerprint density at radius 1 is 1.17 bits per heavy atom. The monoisotopic (exact) mass is 333 g/mol.